The molecule has 0 spiro atoms. The summed E-state index contributed by atoms with van der Waals surface area (Å²) in [5, 5.41) is 3.68. The van der Waals surface area contributed by atoms with E-state index >= 15 is 0 Å². The summed E-state index contributed by atoms with van der Waals surface area (Å²) in [6.07, 6.45) is 0.916. The monoisotopic (exact) mass is 763 g/mol. The fourth-order valence-electron chi connectivity index (χ4n) is 4.61. The third kappa shape index (κ3) is 8.74. The lowest BCUT2D eigenvalue weighted by Gasteiger charge is -2.34. The normalized spacial score (nSPS) is 11.9. The Morgan fingerprint density at radius 3 is 2.14 bits per heavy atom. The number of anilines is 1. The van der Waals surface area contributed by atoms with Gasteiger partial charge >= 0.3 is 0 Å². The van der Waals surface area contributed by atoms with Gasteiger partial charge in [0.15, 0.2) is 0 Å². The molecule has 0 aliphatic carbocycles. The molecule has 0 heterocycles. The van der Waals surface area contributed by atoms with Gasteiger partial charge in [-0.1, -0.05) is 84.7 Å². The van der Waals surface area contributed by atoms with Gasteiger partial charge in [0.2, 0.25) is 11.8 Å². The molecule has 2 amide bonds. The number of rotatable bonds is 13. The van der Waals surface area contributed by atoms with Crippen molar-refractivity contribution in [3.05, 3.63) is 128 Å². The SMILES string of the molecule is CCCNC(=O)[C@@H](Cc1ccccc1)N(Cc1ccc(Cl)cc1Cl)C(=O)CN(c1ccc(I)cc1)S(=O)(=O)c1ccccc1. The number of carbonyl (C=O) groups excluding carboxylic acids is 2. The van der Waals surface area contributed by atoms with Crippen molar-refractivity contribution in [1.82, 2.24) is 10.2 Å². The lowest BCUT2D eigenvalue weighted by molar-refractivity contribution is -0.140. The molecule has 0 aliphatic heterocycles. The Morgan fingerprint density at radius 1 is 0.886 bits per heavy atom. The summed E-state index contributed by atoms with van der Waals surface area (Å²) in [7, 11) is -4.16. The van der Waals surface area contributed by atoms with Gasteiger partial charge in [0.25, 0.3) is 10.0 Å². The highest BCUT2D eigenvalue weighted by Gasteiger charge is 2.34. The van der Waals surface area contributed by atoms with Crippen molar-refractivity contribution in [2.45, 2.75) is 37.2 Å². The Hall–Kier alpha value is -3.12. The van der Waals surface area contributed by atoms with Crippen molar-refractivity contribution in [2.75, 3.05) is 17.4 Å². The highest BCUT2D eigenvalue weighted by atomic mass is 127. The van der Waals surface area contributed by atoms with Gasteiger partial charge in [0, 0.05) is 33.1 Å². The van der Waals surface area contributed by atoms with E-state index in [2.05, 4.69) is 27.9 Å². The molecule has 11 heteroatoms. The van der Waals surface area contributed by atoms with E-state index in [-0.39, 0.29) is 23.8 Å². The van der Waals surface area contributed by atoms with Crippen molar-refractivity contribution in [3.8, 4) is 0 Å². The number of hydrogen-bond acceptors (Lipinski definition) is 4. The van der Waals surface area contributed by atoms with E-state index in [1.54, 1.807) is 60.7 Å². The Bertz CT molecular complexity index is 1670. The molecular weight excluding hydrogens is 732 g/mol. The Balaban J connectivity index is 1.80. The summed E-state index contributed by atoms with van der Waals surface area (Å²) in [5.41, 5.74) is 1.73. The molecule has 44 heavy (non-hydrogen) atoms. The largest absolute Gasteiger partial charge is 0.354 e. The molecule has 0 saturated carbocycles. The zero-order valence-corrected chi connectivity index (χ0v) is 28.5. The molecule has 0 fully saturated rings. The van der Waals surface area contributed by atoms with Gasteiger partial charge in [-0.05, 0) is 88.7 Å². The molecule has 0 saturated heterocycles. The van der Waals surface area contributed by atoms with Crippen LogP contribution >= 0.6 is 45.8 Å². The van der Waals surface area contributed by atoms with E-state index in [0.717, 1.165) is 13.4 Å². The number of sulfonamides is 1. The number of amides is 2. The minimum atomic E-state index is -4.16. The van der Waals surface area contributed by atoms with E-state index in [4.69, 9.17) is 23.2 Å². The summed E-state index contributed by atoms with van der Waals surface area (Å²) in [6.45, 7) is 1.77. The first-order valence-electron chi connectivity index (χ1n) is 14.0. The zero-order chi connectivity index (χ0) is 31.7. The van der Waals surface area contributed by atoms with E-state index in [9.17, 15) is 18.0 Å². The average molecular weight is 765 g/mol. The second kappa shape index (κ2) is 15.7. The van der Waals surface area contributed by atoms with Crippen molar-refractivity contribution < 1.29 is 18.0 Å². The molecule has 0 radical (unpaired) electrons. The van der Waals surface area contributed by atoms with Crippen LogP contribution in [0.1, 0.15) is 24.5 Å². The fourth-order valence-corrected chi connectivity index (χ4v) is 6.87. The first-order chi connectivity index (χ1) is 21.1. The quantitative estimate of drug-likeness (QED) is 0.149. The molecule has 1 atom stereocenters. The van der Waals surface area contributed by atoms with Crippen molar-refractivity contribution in [2.24, 2.45) is 0 Å². The second-order valence-electron chi connectivity index (χ2n) is 10.1. The summed E-state index contributed by atoms with van der Waals surface area (Å²) >= 11 is 14.8. The summed E-state index contributed by atoms with van der Waals surface area (Å²) in [4.78, 5) is 29.6. The van der Waals surface area contributed by atoms with Crippen molar-refractivity contribution in [3.63, 3.8) is 0 Å². The maximum atomic E-state index is 14.4. The standard InChI is InChI=1S/C33H32Cl2IN3O4S/c1-2-19-37-33(41)31(20-24-9-5-3-6-10-24)38(22-25-13-14-26(34)21-30(25)35)32(40)23-39(28-17-15-27(36)16-18-28)44(42,43)29-11-7-4-8-12-29/h3-18,21,31H,2,19-20,22-23H2,1H3,(H,37,41)/t31-/m1/s1. The first-order valence-corrected chi connectivity index (χ1v) is 17.3. The maximum absolute atomic E-state index is 14.4. The molecule has 4 rings (SSSR count). The first kappa shape index (κ1) is 33.8. The van der Waals surface area contributed by atoms with Crippen LogP contribution in [0.5, 0.6) is 0 Å². The molecule has 4 aromatic carbocycles. The van der Waals surface area contributed by atoms with Crippen LogP contribution < -0.4 is 9.62 Å². The van der Waals surface area contributed by atoms with E-state index in [1.807, 2.05) is 37.3 Å². The average Bonchev–Trinajstić information content (AvgIpc) is 3.02. The Kier molecular flexibility index (Phi) is 12.1. The second-order valence-corrected chi connectivity index (χ2v) is 14.0. The topological polar surface area (TPSA) is 86.8 Å². The molecule has 0 bridgehead atoms. The van der Waals surface area contributed by atoms with Crippen LogP contribution in [0.4, 0.5) is 5.69 Å². The number of halogens is 3. The van der Waals surface area contributed by atoms with Crippen LogP contribution in [0.2, 0.25) is 10.0 Å². The molecule has 0 unspecified atom stereocenters. The van der Waals surface area contributed by atoms with Crippen LogP contribution in [0.15, 0.2) is 108 Å². The predicted octanol–water partition coefficient (Wildman–Crippen LogP) is 6.96. The lowest BCUT2D eigenvalue weighted by Crippen LogP contribution is -2.53. The highest BCUT2D eigenvalue weighted by molar-refractivity contribution is 14.1. The van der Waals surface area contributed by atoms with Crippen molar-refractivity contribution in [1.29, 1.82) is 0 Å². The Morgan fingerprint density at radius 2 is 1.52 bits per heavy atom. The summed E-state index contributed by atoms with van der Waals surface area (Å²) in [5.74, 6) is -0.914. The minimum Gasteiger partial charge on any atom is -0.354 e. The molecule has 7 nitrogen and oxygen atoms in total. The zero-order valence-electron chi connectivity index (χ0n) is 24.0. The molecule has 0 aromatic heterocycles. The van der Waals surface area contributed by atoms with Crippen LogP contribution in [-0.2, 0) is 32.6 Å². The number of nitrogens with one attached hydrogen (secondary N) is 1. The fraction of sp³-hybridized carbons (Fsp3) is 0.212. The third-order valence-electron chi connectivity index (χ3n) is 6.90. The molecule has 0 aliphatic rings. The smallest absolute Gasteiger partial charge is 0.264 e. The predicted molar refractivity (Wildman–Crippen MR) is 184 cm³/mol. The van der Waals surface area contributed by atoms with Gasteiger partial charge in [0.1, 0.15) is 12.6 Å². The van der Waals surface area contributed by atoms with Crippen LogP contribution in [0.3, 0.4) is 0 Å². The van der Waals surface area contributed by atoms with Gasteiger partial charge in [-0.25, -0.2) is 8.42 Å². The summed E-state index contributed by atoms with van der Waals surface area (Å²) in [6, 6.07) is 28.2. The number of nitrogens with zero attached hydrogens (tertiary/aromatic N) is 2. The van der Waals surface area contributed by atoms with Gasteiger partial charge < -0.3 is 10.2 Å². The van der Waals surface area contributed by atoms with Gasteiger partial charge in [-0.15, -0.1) is 0 Å². The van der Waals surface area contributed by atoms with Gasteiger partial charge in [0.05, 0.1) is 10.6 Å². The number of carbonyl (C=O) groups is 2. The molecule has 230 valence electrons. The molecule has 1 N–H and O–H groups in total. The molecule has 4 aromatic rings. The van der Waals surface area contributed by atoms with Crippen molar-refractivity contribution >= 4 is 73.3 Å². The minimum absolute atomic E-state index is 0.0418. The van der Waals surface area contributed by atoms with Gasteiger partial charge in [-0.2, -0.15) is 0 Å². The number of hydrogen-bond donors (Lipinski definition) is 1. The Labute approximate surface area is 282 Å². The lowest BCUT2D eigenvalue weighted by atomic mass is 10.0. The highest BCUT2D eigenvalue weighted by Crippen LogP contribution is 2.27. The summed E-state index contributed by atoms with van der Waals surface area (Å²) < 4.78 is 30.0. The number of benzene rings is 4. The molecular formula is C33H32Cl2IN3O4S. The van der Waals surface area contributed by atoms with E-state index in [1.165, 1.54) is 17.0 Å². The van der Waals surface area contributed by atoms with Crippen LogP contribution in [-0.4, -0.2) is 44.3 Å². The van der Waals surface area contributed by atoms with Crippen LogP contribution in [0, 0.1) is 3.57 Å². The van der Waals surface area contributed by atoms with E-state index < -0.39 is 28.5 Å². The van der Waals surface area contributed by atoms with E-state index in [0.29, 0.717) is 34.3 Å². The van der Waals surface area contributed by atoms with Crippen LogP contribution in [0.25, 0.3) is 0 Å². The van der Waals surface area contributed by atoms with Gasteiger partial charge in [-0.3, -0.25) is 13.9 Å². The third-order valence-corrected chi connectivity index (χ3v) is 9.99. The maximum Gasteiger partial charge on any atom is 0.264 e.